The van der Waals surface area contributed by atoms with Gasteiger partial charge in [-0.1, -0.05) is 35.0 Å². The van der Waals surface area contributed by atoms with Crippen molar-refractivity contribution < 1.29 is 13.2 Å². The van der Waals surface area contributed by atoms with E-state index in [2.05, 4.69) is 51.9 Å². The molecule has 1 aliphatic rings. The van der Waals surface area contributed by atoms with Crippen LogP contribution in [0.4, 0.5) is 5.69 Å². The number of sulfonamides is 1. The number of benzene rings is 2. The monoisotopic (exact) mass is 535 g/mol. The zero-order valence-electron chi connectivity index (χ0n) is 18.1. The lowest BCUT2D eigenvalue weighted by atomic mass is 10.1. The van der Waals surface area contributed by atoms with Crippen molar-refractivity contribution in [2.45, 2.75) is 31.2 Å². The Morgan fingerprint density at radius 3 is 2.38 bits per heavy atom. The second-order valence-electron chi connectivity index (χ2n) is 7.66. The quantitative estimate of drug-likeness (QED) is 0.435. The van der Waals surface area contributed by atoms with Gasteiger partial charge in [-0.3, -0.25) is 0 Å². The van der Waals surface area contributed by atoms with Crippen molar-refractivity contribution in [2.24, 2.45) is 4.99 Å². The molecular weight excluding hydrogens is 510 g/mol. The number of rotatable bonds is 6. The fourth-order valence-electron chi connectivity index (χ4n) is 3.58. The molecule has 0 spiro atoms. The van der Waals surface area contributed by atoms with E-state index in [-0.39, 0.29) is 10.9 Å². The predicted octanol–water partition coefficient (Wildman–Crippen LogP) is 5.20. The zero-order chi connectivity index (χ0) is 22.7. The third-order valence-electron chi connectivity index (χ3n) is 5.58. The molecule has 0 bridgehead atoms. The van der Waals surface area contributed by atoms with Gasteiger partial charge in [0.1, 0.15) is 0 Å². The first-order valence-corrected chi connectivity index (χ1v) is 13.7. The number of thiazole rings is 1. The third kappa shape index (κ3) is 4.92. The molecular formula is C23H26BrN3O3S2. The summed E-state index contributed by atoms with van der Waals surface area (Å²) in [5, 5.41) is 2.13. The van der Waals surface area contributed by atoms with Crippen LogP contribution in [0.3, 0.4) is 0 Å². The minimum atomic E-state index is -3.51. The van der Waals surface area contributed by atoms with Crippen LogP contribution in [-0.2, 0) is 14.8 Å². The van der Waals surface area contributed by atoms with E-state index in [1.54, 1.807) is 35.6 Å². The lowest BCUT2D eigenvalue weighted by molar-refractivity contribution is 0.0730. The van der Waals surface area contributed by atoms with Gasteiger partial charge < -0.3 is 9.30 Å². The first-order chi connectivity index (χ1) is 15.4. The van der Waals surface area contributed by atoms with E-state index < -0.39 is 10.0 Å². The summed E-state index contributed by atoms with van der Waals surface area (Å²) in [5.74, 6) is 0. The van der Waals surface area contributed by atoms with E-state index in [9.17, 15) is 8.42 Å². The summed E-state index contributed by atoms with van der Waals surface area (Å²) < 4.78 is 35.8. The van der Waals surface area contributed by atoms with Crippen LogP contribution in [0.2, 0.25) is 0 Å². The molecule has 1 saturated heterocycles. The van der Waals surface area contributed by atoms with Crippen molar-refractivity contribution in [1.29, 1.82) is 0 Å². The number of hydrogen-bond donors (Lipinski definition) is 0. The number of nitrogens with zero attached hydrogens (tertiary/aromatic N) is 3. The second-order valence-corrected chi connectivity index (χ2v) is 11.4. The Kier molecular flexibility index (Phi) is 7.31. The predicted molar refractivity (Wildman–Crippen MR) is 132 cm³/mol. The molecule has 1 atom stereocenters. The molecule has 2 aromatic carbocycles. The fraction of sp³-hybridized carbons (Fsp3) is 0.348. The molecule has 4 rings (SSSR count). The van der Waals surface area contributed by atoms with Crippen LogP contribution in [0.5, 0.6) is 0 Å². The Balaban J connectivity index is 1.68. The van der Waals surface area contributed by atoms with Crippen LogP contribution in [0.15, 0.2) is 68.3 Å². The molecule has 6 nitrogen and oxygen atoms in total. The van der Waals surface area contributed by atoms with Crippen LogP contribution in [0.1, 0.15) is 26.3 Å². The number of aromatic nitrogens is 1. The van der Waals surface area contributed by atoms with Crippen molar-refractivity contribution in [2.75, 3.05) is 26.3 Å². The summed E-state index contributed by atoms with van der Waals surface area (Å²) in [5.41, 5.74) is 2.99. The Morgan fingerprint density at radius 2 is 1.75 bits per heavy atom. The van der Waals surface area contributed by atoms with Gasteiger partial charge in [-0.2, -0.15) is 4.31 Å². The number of morpholine rings is 1. The molecule has 0 radical (unpaired) electrons. The first-order valence-electron chi connectivity index (χ1n) is 10.6. The zero-order valence-corrected chi connectivity index (χ0v) is 21.3. The molecule has 0 aliphatic carbocycles. The van der Waals surface area contributed by atoms with Crippen LogP contribution in [0, 0.1) is 0 Å². The molecule has 1 unspecified atom stereocenters. The van der Waals surface area contributed by atoms with Gasteiger partial charge in [-0.05, 0) is 55.3 Å². The molecule has 3 aromatic rings. The van der Waals surface area contributed by atoms with E-state index in [0.717, 1.165) is 32.6 Å². The summed E-state index contributed by atoms with van der Waals surface area (Å²) in [6, 6.07) is 15.4. The minimum absolute atomic E-state index is 0.277. The van der Waals surface area contributed by atoms with Gasteiger partial charge in [-0.15, -0.1) is 11.3 Å². The average Bonchev–Trinajstić information content (AvgIpc) is 3.23. The van der Waals surface area contributed by atoms with Crippen molar-refractivity contribution in [3.8, 4) is 11.3 Å². The standard InChI is InChI=1S/C23H26BrN3O3S2/c1-3-17(2)27-22(18-4-6-19(24)7-5-18)16-31-23(27)25-20-8-10-21(11-9-20)32(28,29)26-12-14-30-15-13-26/h4-11,16-17H,3,12-15H2,1-2H3. The van der Waals surface area contributed by atoms with E-state index in [4.69, 9.17) is 9.73 Å². The highest BCUT2D eigenvalue weighted by atomic mass is 79.9. The number of hydrogen-bond acceptors (Lipinski definition) is 5. The Labute approximate surface area is 201 Å². The molecule has 9 heteroatoms. The van der Waals surface area contributed by atoms with Crippen molar-refractivity contribution in [1.82, 2.24) is 8.87 Å². The van der Waals surface area contributed by atoms with E-state index in [1.807, 2.05) is 12.1 Å². The van der Waals surface area contributed by atoms with Gasteiger partial charge in [0, 0.05) is 29.0 Å². The second kappa shape index (κ2) is 10.0. The SMILES string of the molecule is CCC(C)n1c(-c2ccc(Br)cc2)csc1=Nc1ccc(S(=O)(=O)N2CCOCC2)cc1. The smallest absolute Gasteiger partial charge is 0.243 e. The summed E-state index contributed by atoms with van der Waals surface area (Å²) in [7, 11) is -3.51. The molecule has 32 heavy (non-hydrogen) atoms. The van der Waals surface area contributed by atoms with Gasteiger partial charge >= 0.3 is 0 Å². The summed E-state index contributed by atoms with van der Waals surface area (Å²) in [6.07, 6.45) is 0.976. The van der Waals surface area contributed by atoms with Gasteiger partial charge in [0.05, 0.1) is 29.5 Å². The lowest BCUT2D eigenvalue weighted by Gasteiger charge is -2.26. The van der Waals surface area contributed by atoms with Crippen molar-refractivity contribution in [3.63, 3.8) is 0 Å². The Morgan fingerprint density at radius 1 is 1.09 bits per heavy atom. The highest BCUT2D eigenvalue weighted by Crippen LogP contribution is 2.27. The summed E-state index contributed by atoms with van der Waals surface area (Å²) >= 11 is 5.09. The first kappa shape index (κ1) is 23.4. The maximum absolute atomic E-state index is 12.9. The van der Waals surface area contributed by atoms with Gasteiger partial charge in [-0.25, -0.2) is 13.4 Å². The average molecular weight is 537 g/mol. The van der Waals surface area contributed by atoms with Crippen LogP contribution in [-0.4, -0.2) is 43.6 Å². The van der Waals surface area contributed by atoms with Gasteiger partial charge in [0.15, 0.2) is 4.80 Å². The summed E-state index contributed by atoms with van der Waals surface area (Å²) in [6.45, 7) is 5.99. The molecule has 0 saturated carbocycles. The Hall–Kier alpha value is -1.78. The third-order valence-corrected chi connectivity index (χ3v) is 8.86. The fourth-order valence-corrected chi connectivity index (χ4v) is 6.27. The van der Waals surface area contributed by atoms with Gasteiger partial charge in [0.2, 0.25) is 10.0 Å². The normalized spacial score (nSPS) is 16.9. The molecule has 1 aromatic heterocycles. The lowest BCUT2D eigenvalue weighted by Crippen LogP contribution is -2.40. The van der Waals surface area contributed by atoms with Crippen molar-refractivity contribution in [3.05, 3.63) is 63.2 Å². The molecule has 0 amide bonds. The largest absolute Gasteiger partial charge is 0.379 e. The maximum Gasteiger partial charge on any atom is 0.243 e. The molecule has 1 fully saturated rings. The van der Waals surface area contributed by atoms with Crippen LogP contribution in [0.25, 0.3) is 11.3 Å². The van der Waals surface area contributed by atoms with E-state index in [0.29, 0.717) is 26.3 Å². The van der Waals surface area contributed by atoms with Gasteiger partial charge in [0.25, 0.3) is 0 Å². The maximum atomic E-state index is 12.9. The van der Waals surface area contributed by atoms with Crippen molar-refractivity contribution >= 4 is 43.0 Å². The molecule has 170 valence electrons. The number of halogens is 1. The molecule has 0 N–H and O–H groups in total. The highest BCUT2D eigenvalue weighted by molar-refractivity contribution is 9.10. The van der Waals surface area contributed by atoms with E-state index >= 15 is 0 Å². The Bertz CT molecular complexity index is 1230. The minimum Gasteiger partial charge on any atom is -0.379 e. The molecule has 2 heterocycles. The topological polar surface area (TPSA) is 63.9 Å². The summed E-state index contributed by atoms with van der Waals surface area (Å²) in [4.78, 5) is 6.03. The number of ether oxygens (including phenoxy) is 1. The highest BCUT2D eigenvalue weighted by Gasteiger charge is 2.26. The van der Waals surface area contributed by atoms with E-state index in [1.165, 1.54) is 4.31 Å². The van der Waals surface area contributed by atoms with Crippen LogP contribution < -0.4 is 4.80 Å². The van der Waals surface area contributed by atoms with Crippen LogP contribution >= 0.6 is 27.3 Å². The molecule has 1 aliphatic heterocycles.